The van der Waals surface area contributed by atoms with E-state index < -0.39 is 0 Å². The first kappa shape index (κ1) is 22.5. The largest absolute Gasteiger partial charge is 0.484 e. The van der Waals surface area contributed by atoms with E-state index in [1.165, 1.54) is 5.69 Å². The molecule has 3 rings (SSSR count). The molecule has 1 aliphatic heterocycles. The normalized spacial score (nSPS) is 15.0. The first-order valence-electron chi connectivity index (χ1n) is 9.41. The van der Waals surface area contributed by atoms with Gasteiger partial charge in [-0.3, -0.25) is 14.4 Å². The summed E-state index contributed by atoms with van der Waals surface area (Å²) in [5.41, 5.74) is 2.25. The number of rotatable bonds is 6. The number of hydrogen-bond acceptors (Lipinski definition) is 4. The second kappa shape index (κ2) is 10.7. The number of ether oxygens (including phenoxy) is 1. The van der Waals surface area contributed by atoms with Crippen LogP contribution >= 0.6 is 24.0 Å². The molecule has 0 N–H and O–H groups in total. The summed E-state index contributed by atoms with van der Waals surface area (Å²) in [4.78, 5) is 16.8. The summed E-state index contributed by atoms with van der Waals surface area (Å²) in [5.74, 6) is 0.694. The predicted octanol–water partition coefficient (Wildman–Crippen LogP) is 3.19. The van der Waals surface area contributed by atoms with Gasteiger partial charge in [0, 0.05) is 36.9 Å². The monoisotopic (exact) mass is 426 g/mol. The van der Waals surface area contributed by atoms with Crippen molar-refractivity contribution in [2.45, 2.75) is 26.8 Å². The molecule has 2 aromatic rings. The van der Waals surface area contributed by atoms with Gasteiger partial charge >= 0.3 is 0 Å². The SMILES string of the molecule is Cc1cc(C)n(CCN2CCCN(C(=O)COc3ccc(Cl)cc3)CC2)n1.Cl. The van der Waals surface area contributed by atoms with Crippen molar-refractivity contribution in [2.24, 2.45) is 0 Å². The van der Waals surface area contributed by atoms with Crippen molar-refractivity contribution < 1.29 is 9.53 Å². The third-order valence-electron chi connectivity index (χ3n) is 4.85. The minimum absolute atomic E-state index is 0. The van der Waals surface area contributed by atoms with E-state index in [9.17, 15) is 4.79 Å². The van der Waals surface area contributed by atoms with Gasteiger partial charge in [-0.1, -0.05) is 11.6 Å². The van der Waals surface area contributed by atoms with Crippen molar-refractivity contribution in [3.05, 3.63) is 46.7 Å². The molecular weight excluding hydrogens is 399 g/mol. The molecule has 0 atom stereocenters. The van der Waals surface area contributed by atoms with Gasteiger partial charge in [0.1, 0.15) is 5.75 Å². The molecule has 0 bridgehead atoms. The van der Waals surface area contributed by atoms with Gasteiger partial charge in [0.05, 0.1) is 12.2 Å². The Hall–Kier alpha value is -1.76. The third kappa shape index (κ3) is 6.40. The summed E-state index contributed by atoms with van der Waals surface area (Å²) in [6.45, 7) is 9.40. The molecule has 28 heavy (non-hydrogen) atoms. The summed E-state index contributed by atoms with van der Waals surface area (Å²) in [6.07, 6.45) is 0.976. The third-order valence-corrected chi connectivity index (χ3v) is 5.10. The lowest BCUT2D eigenvalue weighted by Crippen LogP contribution is -2.38. The Morgan fingerprint density at radius 2 is 1.86 bits per heavy atom. The average molecular weight is 427 g/mol. The molecular formula is C20H28Cl2N4O2. The van der Waals surface area contributed by atoms with Crippen LogP contribution in [0.1, 0.15) is 17.8 Å². The zero-order chi connectivity index (χ0) is 19.2. The van der Waals surface area contributed by atoms with Gasteiger partial charge in [-0.25, -0.2) is 0 Å². The molecule has 1 aliphatic rings. The highest BCUT2D eigenvalue weighted by molar-refractivity contribution is 6.30. The van der Waals surface area contributed by atoms with E-state index in [2.05, 4.69) is 27.7 Å². The maximum absolute atomic E-state index is 12.5. The quantitative estimate of drug-likeness (QED) is 0.711. The van der Waals surface area contributed by atoms with Crippen molar-refractivity contribution in [3.63, 3.8) is 0 Å². The van der Waals surface area contributed by atoms with Crippen LogP contribution in [0, 0.1) is 13.8 Å². The van der Waals surface area contributed by atoms with E-state index in [1.807, 2.05) is 11.8 Å². The molecule has 6 nitrogen and oxygen atoms in total. The van der Waals surface area contributed by atoms with E-state index in [4.69, 9.17) is 16.3 Å². The van der Waals surface area contributed by atoms with E-state index in [0.717, 1.165) is 51.4 Å². The van der Waals surface area contributed by atoms with Gasteiger partial charge in [0.2, 0.25) is 0 Å². The predicted molar refractivity (Wildman–Crippen MR) is 114 cm³/mol. The lowest BCUT2D eigenvalue weighted by Gasteiger charge is -2.22. The fourth-order valence-corrected chi connectivity index (χ4v) is 3.47. The number of carbonyl (C=O) groups is 1. The van der Waals surface area contributed by atoms with Crippen LogP contribution in [0.2, 0.25) is 5.02 Å². The van der Waals surface area contributed by atoms with Crippen LogP contribution in [-0.2, 0) is 11.3 Å². The number of carbonyl (C=O) groups excluding carboxylic acids is 1. The van der Waals surface area contributed by atoms with Crippen LogP contribution in [0.15, 0.2) is 30.3 Å². The molecule has 1 aromatic heterocycles. The molecule has 154 valence electrons. The van der Waals surface area contributed by atoms with Crippen molar-refractivity contribution in [1.29, 1.82) is 0 Å². The molecule has 0 spiro atoms. The van der Waals surface area contributed by atoms with Gasteiger partial charge in [-0.05, 0) is 57.1 Å². The van der Waals surface area contributed by atoms with Crippen LogP contribution in [0.4, 0.5) is 0 Å². The molecule has 1 saturated heterocycles. The fraction of sp³-hybridized carbons (Fsp3) is 0.500. The zero-order valence-corrected chi connectivity index (χ0v) is 18.0. The van der Waals surface area contributed by atoms with Crippen LogP contribution in [-0.4, -0.2) is 64.8 Å². The smallest absolute Gasteiger partial charge is 0.260 e. The average Bonchev–Trinajstić information content (AvgIpc) is 2.84. The summed E-state index contributed by atoms with van der Waals surface area (Å²) in [6, 6.07) is 9.17. The summed E-state index contributed by atoms with van der Waals surface area (Å²) in [5, 5.41) is 5.17. The van der Waals surface area contributed by atoms with Gasteiger partial charge in [0.15, 0.2) is 6.61 Å². The Kier molecular flexibility index (Phi) is 8.60. The van der Waals surface area contributed by atoms with E-state index in [0.29, 0.717) is 10.8 Å². The first-order valence-corrected chi connectivity index (χ1v) is 9.78. The number of benzene rings is 1. The number of amides is 1. The van der Waals surface area contributed by atoms with Crippen molar-refractivity contribution in [1.82, 2.24) is 19.6 Å². The molecule has 0 saturated carbocycles. The van der Waals surface area contributed by atoms with Crippen molar-refractivity contribution in [3.8, 4) is 5.75 Å². The van der Waals surface area contributed by atoms with Crippen LogP contribution < -0.4 is 4.74 Å². The number of hydrogen-bond donors (Lipinski definition) is 0. The first-order chi connectivity index (χ1) is 13.0. The van der Waals surface area contributed by atoms with E-state index in [-0.39, 0.29) is 24.9 Å². The minimum atomic E-state index is 0. The second-order valence-corrected chi connectivity index (χ2v) is 7.41. The molecule has 0 unspecified atom stereocenters. The van der Waals surface area contributed by atoms with E-state index in [1.54, 1.807) is 24.3 Å². The second-order valence-electron chi connectivity index (χ2n) is 6.97. The molecule has 1 amide bonds. The van der Waals surface area contributed by atoms with Crippen LogP contribution in [0.25, 0.3) is 0 Å². The Morgan fingerprint density at radius 3 is 2.54 bits per heavy atom. The van der Waals surface area contributed by atoms with Gasteiger partial charge in [0.25, 0.3) is 5.91 Å². The number of aromatic nitrogens is 2. The molecule has 1 fully saturated rings. The van der Waals surface area contributed by atoms with Crippen LogP contribution in [0.5, 0.6) is 5.75 Å². The highest BCUT2D eigenvalue weighted by Crippen LogP contribution is 2.15. The maximum Gasteiger partial charge on any atom is 0.260 e. The summed E-state index contributed by atoms with van der Waals surface area (Å²) >= 11 is 5.86. The van der Waals surface area contributed by atoms with Gasteiger partial charge in [-0.2, -0.15) is 5.10 Å². The number of halogens is 2. The Bertz CT molecular complexity index is 764. The Morgan fingerprint density at radius 1 is 1.11 bits per heavy atom. The number of aryl methyl sites for hydroxylation is 2. The zero-order valence-electron chi connectivity index (χ0n) is 16.4. The highest BCUT2D eigenvalue weighted by atomic mass is 35.5. The maximum atomic E-state index is 12.5. The molecule has 1 aromatic carbocycles. The van der Waals surface area contributed by atoms with Gasteiger partial charge < -0.3 is 9.64 Å². The number of nitrogens with zero attached hydrogens (tertiary/aromatic N) is 4. The lowest BCUT2D eigenvalue weighted by atomic mass is 10.3. The summed E-state index contributed by atoms with van der Waals surface area (Å²) in [7, 11) is 0. The molecule has 8 heteroatoms. The summed E-state index contributed by atoms with van der Waals surface area (Å²) < 4.78 is 7.65. The van der Waals surface area contributed by atoms with Crippen molar-refractivity contribution >= 4 is 29.9 Å². The van der Waals surface area contributed by atoms with E-state index >= 15 is 0 Å². The minimum Gasteiger partial charge on any atom is -0.484 e. The molecule has 0 radical (unpaired) electrons. The van der Waals surface area contributed by atoms with Gasteiger partial charge in [-0.15, -0.1) is 12.4 Å². The fourth-order valence-electron chi connectivity index (χ4n) is 3.35. The topological polar surface area (TPSA) is 50.6 Å². The van der Waals surface area contributed by atoms with Crippen LogP contribution in [0.3, 0.4) is 0 Å². The highest BCUT2D eigenvalue weighted by Gasteiger charge is 2.19. The Labute approximate surface area is 177 Å². The Balaban J connectivity index is 0.00000280. The standard InChI is InChI=1S/C20H27ClN4O2.ClH/c1-16-14-17(2)25(22-16)13-11-23-8-3-9-24(12-10-23)20(26)15-27-19-6-4-18(21)5-7-19;/h4-7,14H,3,8-13,15H2,1-2H3;1H. The van der Waals surface area contributed by atoms with Crippen molar-refractivity contribution in [2.75, 3.05) is 39.3 Å². The molecule has 0 aliphatic carbocycles. The lowest BCUT2D eigenvalue weighted by molar-refractivity contribution is -0.133. The molecule has 2 heterocycles.